The predicted octanol–water partition coefficient (Wildman–Crippen LogP) is 4.81. The number of aromatic nitrogens is 1. The van der Waals surface area contributed by atoms with Crippen molar-refractivity contribution >= 4 is 35.0 Å². The van der Waals surface area contributed by atoms with E-state index in [1.807, 2.05) is 6.07 Å². The molecular formula is C32H33BN2O. The summed E-state index contributed by atoms with van der Waals surface area (Å²) in [5.41, 5.74) is 4.14. The quantitative estimate of drug-likeness (QED) is 0.329. The molecule has 0 saturated heterocycles. The zero-order chi connectivity index (χ0) is 25.1. The third kappa shape index (κ3) is 4.93. The number of pyridine rings is 1. The number of aliphatic hydroxyl groups is 1. The second-order valence-corrected chi connectivity index (χ2v) is 10.2. The van der Waals surface area contributed by atoms with Crippen LogP contribution in [0, 0.1) is 0 Å². The molecule has 180 valence electrons. The normalized spacial score (nSPS) is 14.2. The Morgan fingerprint density at radius 3 is 2.39 bits per heavy atom. The zero-order valence-electron chi connectivity index (χ0n) is 21.4. The fourth-order valence-corrected chi connectivity index (χ4v) is 5.32. The lowest BCUT2D eigenvalue weighted by molar-refractivity contribution is -0.00701. The second kappa shape index (κ2) is 10.3. The van der Waals surface area contributed by atoms with Crippen molar-refractivity contribution in [2.75, 3.05) is 20.6 Å². The molecule has 1 N–H and O–H groups in total. The summed E-state index contributed by atoms with van der Waals surface area (Å²) in [6, 6.07) is 35.7. The third-order valence-corrected chi connectivity index (χ3v) is 7.28. The minimum absolute atomic E-state index is 0.226. The summed E-state index contributed by atoms with van der Waals surface area (Å²) in [5, 5.41) is 16.2. The molecule has 0 aliphatic carbocycles. The van der Waals surface area contributed by atoms with Crippen LogP contribution in [0.15, 0.2) is 103 Å². The molecule has 0 spiro atoms. The minimum Gasteiger partial charge on any atom is -0.384 e. The number of fused-ring (bicyclic) bond motifs is 2. The molecule has 2 atom stereocenters. The molecule has 0 aliphatic heterocycles. The van der Waals surface area contributed by atoms with Gasteiger partial charge in [0.05, 0.1) is 5.52 Å². The van der Waals surface area contributed by atoms with E-state index in [1.54, 1.807) is 0 Å². The van der Waals surface area contributed by atoms with Gasteiger partial charge < -0.3 is 10.0 Å². The molecule has 4 aromatic carbocycles. The Labute approximate surface area is 214 Å². The number of hydrogen-bond acceptors (Lipinski definition) is 3. The maximum Gasteiger partial charge on any atom is 0.139 e. The van der Waals surface area contributed by atoms with Gasteiger partial charge in [0, 0.05) is 18.2 Å². The predicted molar refractivity (Wildman–Crippen MR) is 154 cm³/mol. The summed E-state index contributed by atoms with van der Waals surface area (Å²) in [6.45, 7) is 0.762. The molecule has 0 fully saturated rings. The third-order valence-electron chi connectivity index (χ3n) is 7.28. The molecule has 5 rings (SSSR count). The van der Waals surface area contributed by atoms with Crippen LogP contribution in [-0.2, 0) is 12.0 Å². The van der Waals surface area contributed by atoms with Crippen LogP contribution in [0.2, 0.25) is 0 Å². The smallest absolute Gasteiger partial charge is 0.139 e. The van der Waals surface area contributed by atoms with Crippen LogP contribution in [0.1, 0.15) is 29.2 Å². The van der Waals surface area contributed by atoms with Gasteiger partial charge in [0.2, 0.25) is 0 Å². The first-order valence-electron chi connectivity index (χ1n) is 12.7. The van der Waals surface area contributed by atoms with Crippen LogP contribution in [0.3, 0.4) is 0 Å². The molecule has 0 radical (unpaired) electrons. The summed E-state index contributed by atoms with van der Waals surface area (Å²) in [6.07, 6.45) is 1.29. The van der Waals surface area contributed by atoms with E-state index >= 15 is 0 Å². The van der Waals surface area contributed by atoms with Crippen molar-refractivity contribution in [2.24, 2.45) is 0 Å². The molecule has 1 unspecified atom stereocenters. The first-order valence-corrected chi connectivity index (χ1v) is 12.7. The Kier molecular flexibility index (Phi) is 6.91. The van der Waals surface area contributed by atoms with Crippen LogP contribution in [0.5, 0.6) is 0 Å². The molecule has 4 heteroatoms. The summed E-state index contributed by atoms with van der Waals surface area (Å²) in [5.74, 6) is -0.226. The van der Waals surface area contributed by atoms with Gasteiger partial charge in [0.1, 0.15) is 13.4 Å². The van der Waals surface area contributed by atoms with E-state index in [-0.39, 0.29) is 5.92 Å². The van der Waals surface area contributed by atoms with Crippen LogP contribution >= 0.6 is 0 Å². The van der Waals surface area contributed by atoms with E-state index in [0.717, 1.165) is 39.5 Å². The monoisotopic (exact) mass is 472 g/mol. The average Bonchev–Trinajstić information content (AvgIpc) is 2.90. The lowest BCUT2D eigenvalue weighted by Gasteiger charge is -2.38. The van der Waals surface area contributed by atoms with E-state index < -0.39 is 5.60 Å². The number of benzene rings is 4. The van der Waals surface area contributed by atoms with Crippen LogP contribution in [0.25, 0.3) is 21.7 Å². The van der Waals surface area contributed by atoms with Gasteiger partial charge in [-0.1, -0.05) is 96.5 Å². The van der Waals surface area contributed by atoms with Crippen molar-refractivity contribution in [2.45, 2.75) is 24.4 Å². The van der Waals surface area contributed by atoms with Gasteiger partial charge in [-0.25, -0.2) is 0 Å². The van der Waals surface area contributed by atoms with Gasteiger partial charge in [-0.2, -0.15) is 0 Å². The van der Waals surface area contributed by atoms with Gasteiger partial charge in [0.15, 0.2) is 0 Å². The lowest BCUT2D eigenvalue weighted by atomic mass is 9.72. The molecule has 0 aliphatic rings. The summed E-state index contributed by atoms with van der Waals surface area (Å²) in [4.78, 5) is 7.28. The molecule has 36 heavy (non-hydrogen) atoms. The molecule has 1 aromatic heterocycles. The zero-order valence-corrected chi connectivity index (χ0v) is 21.4. The van der Waals surface area contributed by atoms with E-state index in [9.17, 15) is 5.11 Å². The topological polar surface area (TPSA) is 36.4 Å². The molecule has 0 saturated carbocycles. The van der Waals surface area contributed by atoms with Crippen molar-refractivity contribution in [3.8, 4) is 0 Å². The molecular weight excluding hydrogens is 439 g/mol. The maximum atomic E-state index is 12.9. The molecule has 0 bridgehead atoms. The minimum atomic E-state index is -1.12. The highest BCUT2D eigenvalue weighted by Gasteiger charge is 2.41. The summed E-state index contributed by atoms with van der Waals surface area (Å²) >= 11 is 0. The lowest BCUT2D eigenvalue weighted by Crippen LogP contribution is -2.38. The molecule has 5 aromatic rings. The Morgan fingerprint density at radius 2 is 1.58 bits per heavy atom. The van der Waals surface area contributed by atoms with Crippen molar-refractivity contribution in [1.29, 1.82) is 0 Å². The van der Waals surface area contributed by atoms with Crippen molar-refractivity contribution in [3.05, 3.63) is 120 Å². The first kappa shape index (κ1) is 24.2. The first-order chi connectivity index (χ1) is 17.4. The van der Waals surface area contributed by atoms with Crippen LogP contribution in [-0.4, -0.2) is 43.5 Å². The Morgan fingerprint density at radius 1 is 0.833 bits per heavy atom. The van der Waals surface area contributed by atoms with Crippen LogP contribution in [0.4, 0.5) is 0 Å². The molecule has 0 amide bonds. The average molecular weight is 472 g/mol. The highest BCUT2D eigenvalue weighted by Crippen LogP contribution is 2.44. The van der Waals surface area contributed by atoms with E-state index in [2.05, 4.69) is 124 Å². The van der Waals surface area contributed by atoms with E-state index in [0.29, 0.717) is 12.8 Å². The van der Waals surface area contributed by atoms with Gasteiger partial charge in [0.25, 0.3) is 0 Å². The van der Waals surface area contributed by atoms with E-state index in [4.69, 9.17) is 4.98 Å². The van der Waals surface area contributed by atoms with Gasteiger partial charge in [-0.15, -0.1) is 0 Å². The second-order valence-electron chi connectivity index (χ2n) is 10.2. The molecule has 1 heterocycles. The van der Waals surface area contributed by atoms with Crippen molar-refractivity contribution < 1.29 is 5.11 Å². The summed E-state index contributed by atoms with van der Waals surface area (Å²) in [7, 11) is 6.23. The van der Waals surface area contributed by atoms with Crippen LogP contribution < -0.4 is 5.46 Å². The number of nitrogens with zero attached hydrogens (tertiary/aromatic N) is 2. The standard InChI is InChI=1S/C32H33BN2O/c1-35(2)20-19-32(36,28-14-8-12-24-11-6-7-13-27(24)28)29(21-23-9-4-3-5-10-23)31-17-15-25-22-26(33)16-18-30(25)34-31/h3-18,22,29,36H,19-21,33H2,1-2H3/t29?,32-/m0/s1. The fourth-order valence-electron chi connectivity index (χ4n) is 5.32. The SMILES string of the molecule is Bc1ccc2nc(C(Cc3ccccc3)[C@](O)(CCN(C)C)c3cccc4ccccc34)ccc2c1. The Bertz CT molecular complexity index is 1480. The summed E-state index contributed by atoms with van der Waals surface area (Å²) < 4.78 is 0. The van der Waals surface area contributed by atoms with Crippen molar-refractivity contribution in [1.82, 2.24) is 9.88 Å². The van der Waals surface area contributed by atoms with Gasteiger partial charge >= 0.3 is 0 Å². The van der Waals surface area contributed by atoms with Gasteiger partial charge in [-0.05, 0) is 66.4 Å². The molecule has 3 nitrogen and oxygen atoms in total. The highest BCUT2D eigenvalue weighted by atomic mass is 16.3. The van der Waals surface area contributed by atoms with E-state index in [1.165, 1.54) is 11.0 Å². The largest absolute Gasteiger partial charge is 0.384 e. The number of hydrogen-bond donors (Lipinski definition) is 1. The Hall–Kier alpha value is -3.47. The van der Waals surface area contributed by atoms with Gasteiger partial charge in [-0.3, -0.25) is 4.98 Å². The van der Waals surface area contributed by atoms with Crippen molar-refractivity contribution in [3.63, 3.8) is 0 Å². The fraction of sp³-hybridized carbons (Fsp3) is 0.219. The Balaban J connectivity index is 1.72. The maximum absolute atomic E-state index is 12.9. The number of rotatable bonds is 8. The highest BCUT2D eigenvalue weighted by molar-refractivity contribution is 6.33.